The fraction of sp³-hybridized carbons (Fsp3) is 0.423. The van der Waals surface area contributed by atoms with E-state index < -0.39 is 5.79 Å². The zero-order valence-corrected chi connectivity index (χ0v) is 17.7. The Hall–Kier alpha value is -2.59. The average Bonchev–Trinajstić information content (AvgIpc) is 2.78. The van der Waals surface area contributed by atoms with Gasteiger partial charge in [0.1, 0.15) is 0 Å². The molecule has 4 atom stereocenters. The van der Waals surface area contributed by atoms with Crippen molar-refractivity contribution in [3.63, 3.8) is 0 Å². The van der Waals surface area contributed by atoms with Gasteiger partial charge in [0.05, 0.1) is 12.0 Å². The lowest BCUT2D eigenvalue weighted by atomic mass is 9.80. The van der Waals surface area contributed by atoms with E-state index >= 15 is 0 Å². The maximum atomic E-state index is 12.8. The Morgan fingerprint density at radius 3 is 2.37 bits per heavy atom. The van der Waals surface area contributed by atoms with Crippen LogP contribution >= 0.6 is 0 Å². The predicted molar refractivity (Wildman–Crippen MR) is 119 cm³/mol. The summed E-state index contributed by atoms with van der Waals surface area (Å²) in [6.07, 6.45) is 7.29. The zero-order chi connectivity index (χ0) is 21.0. The number of hydrogen-bond donors (Lipinski definition) is 0. The molecule has 1 saturated carbocycles. The third kappa shape index (κ3) is 4.29. The molecule has 1 aliphatic carbocycles. The summed E-state index contributed by atoms with van der Waals surface area (Å²) in [5.74, 6) is -0.734. The second-order valence-electron chi connectivity index (χ2n) is 8.52. The van der Waals surface area contributed by atoms with Gasteiger partial charge in [-0.15, -0.1) is 6.58 Å². The highest BCUT2D eigenvalue weighted by molar-refractivity contribution is 5.84. The summed E-state index contributed by atoms with van der Waals surface area (Å²) in [5, 5.41) is 12.8. The fourth-order valence-electron chi connectivity index (χ4n) is 4.94. The molecule has 4 heteroatoms. The third-order valence-corrected chi connectivity index (χ3v) is 6.51. The predicted octanol–water partition coefficient (Wildman–Crippen LogP) is 6.09. The van der Waals surface area contributed by atoms with Gasteiger partial charge in [0, 0.05) is 30.6 Å². The molecule has 2 aliphatic rings. The van der Waals surface area contributed by atoms with Gasteiger partial charge in [0.2, 0.25) is 5.71 Å². The van der Waals surface area contributed by atoms with Gasteiger partial charge in [-0.25, -0.2) is 0 Å². The minimum Gasteiger partial charge on any atom is -0.369 e. The molecule has 0 spiro atoms. The number of rotatable bonds is 6. The number of hydrogen-bond acceptors (Lipinski definition) is 3. The highest BCUT2D eigenvalue weighted by Crippen LogP contribution is 2.43. The molecular formula is C26H31NO3. The summed E-state index contributed by atoms with van der Waals surface area (Å²) in [5.41, 5.74) is 3.07. The quantitative estimate of drug-likeness (QED) is 0.431. The SMILES string of the molecule is C=CC[C@@]1(O[C@H]2CCCC[C@@H]2c2ccccc2)C[C@@H](c2ccccc2)C(C)=[N+]([O-])O1. The van der Waals surface area contributed by atoms with Gasteiger partial charge in [-0.1, -0.05) is 79.6 Å². The molecule has 4 rings (SSSR count). The molecule has 2 aromatic carbocycles. The Labute approximate surface area is 179 Å². The molecule has 0 N–H and O–H groups in total. The molecule has 0 radical (unpaired) electrons. The summed E-state index contributed by atoms with van der Waals surface area (Å²) in [7, 11) is 0. The van der Waals surface area contributed by atoms with Gasteiger partial charge in [0.15, 0.2) is 5.79 Å². The minimum atomic E-state index is -1.00. The summed E-state index contributed by atoms with van der Waals surface area (Å²) < 4.78 is 6.75. The molecule has 0 bridgehead atoms. The second-order valence-corrected chi connectivity index (χ2v) is 8.52. The summed E-state index contributed by atoms with van der Waals surface area (Å²) in [6, 6.07) is 20.7. The monoisotopic (exact) mass is 405 g/mol. The topological polar surface area (TPSA) is 44.5 Å². The van der Waals surface area contributed by atoms with E-state index in [2.05, 4.69) is 43.0 Å². The van der Waals surface area contributed by atoms with Crippen molar-refractivity contribution in [1.29, 1.82) is 0 Å². The van der Waals surface area contributed by atoms with Gasteiger partial charge in [0.25, 0.3) is 0 Å². The summed E-state index contributed by atoms with van der Waals surface area (Å²) in [4.78, 5) is 6.58. The van der Waals surface area contributed by atoms with Crippen LogP contribution in [0.1, 0.15) is 68.4 Å². The number of ether oxygens (including phenoxy) is 1. The van der Waals surface area contributed by atoms with Crippen LogP contribution in [0.15, 0.2) is 73.3 Å². The van der Waals surface area contributed by atoms with Crippen LogP contribution in [0.4, 0.5) is 0 Å². The lowest BCUT2D eigenvalue weighted by Gasteiger charge is -2.45. The van der Waals surface area contributed by atoms with E-state index in [1.807, 2.05) is 31.2 Å². The van der Waals surface area contributed by atoms with Crippen LogP contribution in [0.2, 0.25) is 0 Å². The number of benzene rings is 2. The Kier molecular flexibility index (Phi) is 6.24. The van der Waals surface area contributed by atoms with E-state index in [0.29, 0.717) is 29.4 Å². The minimum absolute atomic E-state index is 0.0179. The van der Waals surface area contributed by atoms with Gasteiger partial charge >= 0.3 is 0 Å². The molecule has 0 unspecified atom stereocenters. The molecule has 0 aromatic heterocycles. The van der Waals surface area contributed by atoms with E-state index in [4.69, 9.17) is 9.57 Å². The molecular weight excluding hydrogens is 374 g/mol. The average molecular weight is 406 g/mol. The second kappa shape index (κ2) is 9.05. The zero-order valence-electron chi connectivity index (χ0n) is 17.7. The van der Waals surface area contributed by atoms with Crippen LogP contribution < -0.4 is 0 Å². The van der Waals surface area contributed by atoms with Crippen molar-refractivity contribution in [1.82, 2.24) is 0 Å². The largest absolute Gasteiger partial charge is 0.369 e. The summed E-state index contributed by atoms with van der Waals surface area (Å²) >= 11 is 0. The van der Waals surface area contributed by atoms with Crippen molar-refractivity contribution in [2.45, 2.75) is 69.2 Å². The van der Waals surface area contributed by atoms with Crippen molar-refractivity contribution in [2.24, 2.45) is 0 Å². The lowest BCUT2D eigenvalue weighted by Crippen LogP contribution is -2.49. The molecule has 1 aliphatic heterocycles. The highest BCUT2D eigenvalue weighted by atomic mass is 16.9. The Balaban J connectivity index is 1.64. The normalized spacial score (nSPS) is 29.3. The molecule has 1 heterocycles. The molecule has 158 valence electrons. The molecule has 30 heavy (non-hydrogen) atoms. The van der Waals surface area contributed by atoms with Gasteiger partial charge < -0.3 is 9.57 Å². The van der Waals surface area contributed by atoms with Crippen LogP contribution in [0.25, 0.3) is 0 Å². The van der Waals surface area contributed by atoms with Gasteiger partial charge in [-0.2, -0.15) is 0 Å². The summed E-state index contributed by atoms with van der Waals surface area (Å²) in [6.45, 7) is 5.77. The lowest BCUT2D eigenvalue weighted by molar-refractivity contribution is -0.790. The highest BCUT2D eigenvalue weighted by Gasteiger charge is 2.45. The van der Waals surface area contributed by atoms with Crippen LogP contribution in [-0.2, 0) is 9.57 Å². The smallest absolute Gasteiger partial charge is 0.226 e. The molecule has 0 saturated heterocycles. The van der Waals surface area contributed by atoms with Crippen molar-refractivity contribution in [2.75, 3.05) is 0 Å². The first-order chi connectivity index (χ1) is 14.6. The molecule has 0 amide bonds. The van der Waals surface area contributed by atoms with E-state index in [1.165, 1.54) is 12.0 Å². The Bertz CT molecular complexity index is 880. The van der Waals surface area contributed by atoms with Gasteiger partial charge in [-0.05, 0) is 24.0 Å². The van der Waals surface area contributed by atoms with Crippen LogP contribution in [0, 0.1) is 5.21 Å². The van der Waals surface area contributed by atoms with Crippen molar-refractivity contribution in [3.05, 3.63) is 89.7 Å². The van der Waals surface area contributed by atoms with Crippen LogP contribution in [-0.4, -0.2) is 22.5 Å². The first-order valence-corrected chi connectivity index (χ1v) is 11.0. The van der Waals surface area contributed by atoms with Gasteiger partial charge in [-0.3, -0.25) is 5.21 Å². The third-order valence-electron chi connectivity index (χ3n) is 6.51. The van der Waals surface area contributed by atoms with Crippen LogP contribution in [0.3, 0.4) is 0 Å². The first kappa shape index (κ1) is 20.7. The van der Waals surface area contributed by atoms with Crippen molar-refractivity contribution >= 4 is 5.71 Å². The molecule has 4 nitrogen and oxygen atoms in total. The first-order valence-electron chi connectivity index (χ1n) is 11.0. The maximum Gasteiger partial charge on any atom is 0.226 e. The van der Waals surface area contributed by atoms with Crippen LogP contribution in [0.5, 0.6) is 0 Å². The molecule has 1 fully saturated rings. The standard InChI is InChI=1S/C26H31NO3/c1-3-18-26(19-24(20(2)27(28)30-26)22-14-8-5-9-15-22)29-25-17-11-10-16-23(25)21-12-6-4-7-13-21/h3-9,12-15,23-25H,1,10-11,16-19H2,2H3/t23-,24-,25+,26+/m1/s1. The van der Waals surface area contributed by atoms with E-state index in [1.54, 1.807) is 6.08 Å². The molecule has 2 aromatic rings. The Morgan fingerprint density at radius 2 is 1.70 bits per heavy atom. The van der Waals surface area contributed by atoms with Crippen molar-refractivity contribution in [3.8, 4) is 0 Å². The van der Waals surface area contributed by atoms with E-state index in [9.17, 15) is 5.21 Å². The van der Waals surface area contributed by atoms with E-state index in [-0.39, 0.29) is 12.0 Å². The van der Waals surface area contributed by atoms with Crippen molar-refractivity contribution < 1.29 is 14.5 Å². The maximum absolute atomic E-state index is 12.8. The Morgan fingerprint density at radius 1 is 1.07 bits per heavy atom. The van der Waals surface area contributed by atoms with E-state index in [0.717, 1.165) is 24.8 Å². The fourth-order valence-corrected chi connectivity index (χ4v) is 4.94. The number of nitrogens with zero attached hydrogens (tertiary/aromatic N) is 1.